The lowest BCUT2D eigenvalue weighted by molar-refractivity contribution is -0.117. The van der Waals surface area contributed by atoms with Crippen LogP contribution in [0.1, 0.15) is 0 Å². The van der Waals surface area contributed by atoms with Crippen molar-refractivity contribution in [1.29, 1.82) is 0 Å². The molecule has 0 aliphatic carbocycles. The minimum absolute atomic E-state index is 0.125. The van der Waals surface area contributed by atoms with Crippen molar-refractivity contribution >= 4 is 45.7 Å². The number of urea groups is 1. The van der Waals surface area contributed by atoms with Gasteiger partial charge in [-0.05, 0) is 12.1 Å². The summed E-state index contributed by atoms with van der Waals surface area (Å²) in [5.74, 6) is -0.125. The van der Waals surface area contributed by atoms with Crippen LogP contribution in [0.4, 0.5) is 15.6 Å². The predicted molar refractivity (Wildman–Crippen MR) is 97.0 cm³/mol. The molecule has 1 aliphatic rings. The number of benzene rings is 1. The molecule has 1 aromatic carbocycles. The lowest BCUT2D eigenvalue weighted by atomic mass is 10.3. The van der Waals surface area contributed by atoms with Gasteiger partial charge in [0.15, 0.2) is 0 Å². The highest BCUT2D eigenvalue weighted by Gasteiger charge is 2.23. The number of carbonyl (C=O) groups excluding carboxylic acids is 2. The third kappa shape index (κ3) is 4.88. The maximum Gasteiger partial charge on any atom is 0.323 e. The molecule has 10 heteroatoms. The number of carbonyl (C=O) groups is 2. The van der Waals surface area contributed by atoms with E-state index in [0.29, 0.717) is 42.0 Å². The van der Waals surface area contributed by atoms with Gasteiger partial charge in [0.25, 0.3) is 0 Å². The van der Waals surface area contributed by atoms with E-state index in [9.17, 15) is 9.59 Å². The Hall–Kier alpha value is -2.23. The topological polar surface area (TPSA) is 90.5 Å². The predicted octanol–water partition coefficient (Wildman–Crippen LogP) is 1.98. The zero-order valence-electron chi connectivity index (χ0n) is 13.3. The first-order valence-corrected chi connectivity index (χ1v) is 8.96. The summed E-state index contributed by atoms with van der Waals surface area (Å²) < 4.78 is 0. The Labute approximate surface area is 153 Å². The van der Waals surface area contributed by atoms with E-state index in [1.165, 1.54) is 11.3 Å². The zero-order valence-corrected chi connectivity index (χ0v) is 14.9. The first-order chi connectivity index (χ1) is 12.1. The Bertz CT molecular complexity index is 733. The quantitative estimate of drug-likeness (QED) is 0.846. The van der Waals surface area contributed by atoms with Gasteiger partial charge in [0.05, 0.1) is 17.3 Å². The highest BCUT2D eigenvalue weighted by atomic mass is 35.5. The van der Waals surface area contributed by atoms with Crippen LogP contribution in [0.2, 0.25) is 5.02 Å². The number of piperazine rings is 1. The van der Waals surface area contributed by atoms with Gasteiger partial charge in [0.2, 0.25) is 11.0 Å². The summed E-state index contributed by atoms with van der Waals surface area (Å²) in [6, 6.07) is 6.92. The first kappa shape index (κ1) is 17.6. The molecule has 1 aliphatic heterocycles. The van der Waals surface area contributed by atoms with E-state index in [-0.39, 0.29) is 18.5 Å². The van der Waals surface area contributed by atoms with Gasteiger partial charge in [-0.3, -0.25) is 15.0 Å². The number of aromatic nitrogens is 2. The Kier molecular flexibility index (Phi) is 5.79. The fourth-order valence-electron chi connectivity index (χ4n) is 2.46. The van der Waals surface area contributed by atoms with Crippen molar-refractivity contribution in [1.82, 2.24) is 20.0 Å². The monoisotopic (exact) mass is 380 g/mol. The van der Waals surface area contributed by atoms with Crippen molar-refractivity contribution in [2.24, 2.45) is 0 Å². The molecule has 2 heterocycles. The van der Waals surface area contributed by atoms with Gasteiger partial charge in [-0.25, -0.2) is 4.79 Å². The Morgan fingerprint density at radius 2 is 1.92 bits per heavy atom. The first-order valence-electron chi connectivity index (χ1n) is 7.70. The van der Waals surface area contributed by atoms with Crippen LogP contribution in [0.5, 0.6) is 0 Å². The summed E-state index contributed by atoms with van der Waals surface area (Å²) in [4.78, 5) is 28.0. The number of hydrogen-bond donors (Lipinski definition) is 2. The standard InChI is InChI=1S/C15H17ClN6O2S/c16-11-3-1-2-4-12(11)18-13(23)9-21-5-7-22(8-6-21)15(24)19-14-20-17-10-25-14/h1-4,10H,5-9H2,(H,18,23)(H,19,20,24). The lowest BCUT2D eigenvalue weighted by Crippen LogP contribution is -2.51. The maximum absolute atomic E-state index is 12.1. The van der Waals surface area contributed by atoms with Crippen molar-refractivity contribution in [3.8, 4) is 0 Å². The Morgan fingerprint density at radius 1 is 1.16 bits per heavy atom. The van der Waals surface area contributed by atoms with Gasteiger partial charge < -0.3 is 10.2 Å². The third-order valence-electron chi connectivity index (χ3n) is 3.75. The van der Waals surface area contributed by atoms with Gasteiger partial charge in [-0.15, -0.1) is 10.2 Å². The van der Waals surface area contributed by atoms with E-state index in [1.807, 2.05) is 17.0 Å². The van der Waals surface area contributed by atoms with E-state index < -0.39 is 0 Å². The summed E-state index contributed by atoms with van der Waals surface area (Å²) in [5.41, 5.74) is 2.16. The van der Waals surface area contributed by atoms with Crippen LogP contribution < -0.4 is 10.6 Å². The molecule has 25 heavy (non-hydrogen) atoms. The number of halogens is 1. The van der Waals surface area contributed by atoms with E-state index in [4.69, 9.17) is 11.6 Å². The maximum atomic E-state index is 12.1. The number of para-hydroxylation sites is 1. The molecule has 0 spiro atoms. The molecule has 2 N–H and O–H groups in total. The summed E-state index contributed by atoms with van der Waals surface area (Å²) >= 11 is 7.31. The zero-order chi connectivity index (χ0) is 17.6. The Morgan fingerprint density at radius 3 is 2.60 bits per heavy atom. The molecular weight excluding hydrogens is 364 g/mol. The molecule has 1 aromatic heterocycles. The van der Waals surface area contributed by atoms with E-state index in [0.717, 1.165) is 0 Å². The number of amides is 3. The van der Waals surface area contributed by atoms with Crippen LogP contribution in [0.15, 0.2) is 29.8 Å². The summed E-state index contributed by atoms with van der Waals surface area (Å²) in [5, 5.41) is 14.0. The van der Waals surface area contributed by atoms with E-state index in [1.54, 1.807) is 22.5 Å². The molecule has 3 rings (SSSR count). The Balaban J connectivity index is 1.43. The molecule has 0 radical (unpaired) electrons. The number of nitrogens with one attached hydrogen (secondary N) is 2. The average molecular weight is 381 g/mol. The van der Waals surface area contributed by atoms with Gasteiger partial charge >= 0.3 is 6.03 Å². The number of nitrogens with zero attached hydrogens (tertiary/aromatic N) is 4. The summed E-state index contributed by atoms with van der Waals surface area (Å²) in [7, 11) is 0. The fourth-order valence-corrected chi connectivity index (χ4v) is 3.08. The van der Waals surface area contributed by atoms with Crippen molar-refractivity contribution in [3.05, 3.63) is 34.8 Å². The SMILES string of the molecule is O=C(CN1CCN(C(=O)Nc2nncs2)CC1)Nc1ccccc1Cl. The molecule has 0 saturated carbocycles. The lowest BCUT2D eigenvalue weighted by Gasteiger charge is -2.34. The second-order valence-electron chi connectivity index (χ2n) is 5.47. The van der Waals surface area contributed by atoms with E-state index >= 15 is 0 Å². The molecule has 132 valence electrons. The fraction of sp³-hybridized carbons (Fsp3) is 0.333. The van der Waals surface area contributed by atoms with Crippen LogP contribution in [0.3, 0.4) is 0 Å². The van der Waals surface area contributed by atoms with Crippen LogP contribution in [-0.2, 0) is 4.79 Å². The number of anilines is 2. The second kappa shape index (κ2) is 8.24. The largest absolute Gasteiger partial charge is 0.324 e. The highest BCUT2D eigenvalue weighted by Crippen LogP contribution is 2.20. The van der Waals surface area contributed by atoms with Crippen LogP contribution in [0, 0.1) is 0 Å². The molecule has 1 fully saturated rings. The summed E-state index contributed by atoms with van der Waals surface area (Å²) in [6.45, 7) is 2.60. The summed E-state index contributed by atoms with van der Waals surface area (Å²) in [6.07, 6.45) is 0. The van der Waals surface area contributed by atoms with E-state index in [2.05, 4.69) is 20.8 Å². The molecule has 1 saturated heterocycles. The molecule has 8 nitrogen and oxygen atoms in total. The van der Waals surface area contributed by atoms with Gasteiger partial charge in [0, 0.05) is 26.2 Å². The minimum Gasteiger partial charge on any atom is -0.324 e. The average Bonchev–Trinajstić information content (AvgIpc) is 3.10. The van der Waals surface area contributed by atoms with Crippen LogP contribution in [0.25, 0.3) is 0 Å². The number of rotatable bonds is 4. The van der Waals surface area contributed by atoms with Crippen molar-refractivity contribution in [3.63, 3.8) is 0 Å². The third-order valence-corrected chi connectivity index (χ3v) is 4.68. The van der Waals surface area contributed by atoms with Crippen LogP contribution >= 0.6 is 22.9 Å². The number of hydrogen-bond acceptors (Lipinski definition) is 6. The van der Waals surface area contributed by atoms with Gasteiger partial charge in [-0.2, -0.15) is 0 Å². The molecule has 0 unspecified atom stereocenters. The van der Waals surface area contributed by atoms with Crippen LogP contribution in [-0.4, -0.2) is 64.7 Å². The molecule has 3 amide bonds. The molecule has 0 bridgehead atoms. The molecular formula is C15H17ClN6O2S. The molecule has 2 aromatic rings. The second-order valence-corrected chi connectivity index (χ2v) is 6.71. The van der Waals surface area contributed by atoms with Crippen molar-refractivity contribution in [2.45, 2.75) is 0 Å². The normalized spacial score (nSPS) is 15.0. The molecule has 0 atom stereocenters. The minimum atomic E-state index is -0.197. The van der Waals surface area contributed by atoms with Crippen molar-refractivity contribution < 1.29 is 9.59 Å². The van der Waals surface area contributed by atoms with Gasteiger partial charge in [-0.1, -0.05) is 35.1 Å². The van der Waals surface area contributed by atoms with Crippen molar-refractivity contribution in [2.75, 3.05) is 43.4 Å². The smallest absolute Gasteiger partial charge is 0.323 e. The van der Waals surface area contributed by atoms with Gasteiger partial charge in [0.1, 0.15) is 5.51 Å². The highest BCUT2D eigenvalue weighted by molar-refractivity contribution is 7.13.